The average molecular weight is 647 g/mol. The summed E-state index contributed by atoms with van der Waals surface area (Å²) in [6.45, 7) is 8.79. The largest absolute Gasteiger partial charge is 0.308 e. The summed E-state index contributed by atoms with van der Waals surface area (Å²) in [5.74, 6) is 0.339. The first-order valence-electron chi connectivity index (χ1n) is 17.2. The van der Waals surface area contributed by atoms with Gasteiger partial charge in [0.1, 0.15) is 0 Å². The number of aliphatic imine (C=N–C) groups is 1. The number of rotatable bonds is 1. The minimum Gasteiger partial charge on any atom is -0.308 e. The van der Waals surface area contributed by atoms with E-state index < -0.39 is 0 Å². The van der Waals surface area contributed by atoms with E-state index in [2.05, 4.69) is 138 Å². The van der Waals surface area contributed by atoms with Crippen LogP contribution >= 0.6 is 11.3 Å². The summed E-state index contributed by atoms with van der Waals surface area (Å²) in [7, 11) is 0. The highest BCUT2D eigenvalue weighted by atomic mass is 32.1. The molecule has 49 heavy (non-hydrogen) atoms. The molecule has 0 bridgehead atoms. The third-order valence-electron chi connectivity index (χ3n) is 11.3. The van der Waals surface area contributed by atoms with E-state index in [0.29, 0.717) is 5.92 Å². The van der Waals surface area contributed by atoms with Crippen LogP contribution in [0.5, 0.6) is 0 Å². The Labute approximate surface area is 287 Å². The van der Waals surface area contributed by atoms with Crippen molar-refractivity contribution in [3.8, 4) is 11.3 Å². The SMILES string of the molecule is C=C/C1=N/C(=C)CC2C(CCc3cc4c(cc31)c1cccc3c5c6c(ccc5n4c13)sc1ccccc16)c1ccccc1-c1cccc[n+]12. The normalized spacial score (nSPS) is 18.9. The summed E-state index contributed by atoms with van der Waals surface area (Å²) in [5, 5.41) is 7.95. The van der Waals surface area contributed by atoms with Crippen molar-refractivity contribution in [1.29, 1.82) is 0 Å². The van der Waals surface area contributed by atoms with Crippen LogP contribution in [-0.2, 0) is 6.42 Å². The van der Waals surface area contributed by atoms with E-state index in [1.807, 2.05) is 17.4 Å². The third-order valence-corrected chi connectivity index (χ3v) is 12.4. The second kappa shape index (κ2) is 9.97. The molecular weight excluding hydrogens is 615 g/mol. The van der Waals surface area contributed by atoms with Crippen LogP contribution in [0.15, 0.2) is 145 Å². The fourth-order valence-corrected chi connectivity index (χ4v) is 10.4. The quantitative estimate of drug-likeness (QED) is 0.158. The first-order valence-corrected chi connectivity index (χ1v) is 18.0. The number of thiophene rings is 1. The predicted molar refractivity (Wildman–Crippen MR) is 207 cm³/mol. The molecule has 9 aromatic rings. The molecule has 4 aromatic heterocycles. The van der Waals surface area contributed by atoms with Gasteiger partial charge in [0, 0.05) is 76.6 Å². The number of pyridine rings is 1. The monoisotopic (exact) mass is 646 g/mol. The van der Waals surface area contributed by atoms with Crippen molar-refractivity contribution in [1.82, 2.24) is 4.40 Å². The van der Waals surface area contributed by atoms with Crippen molar-refractivity contribution in [2.45, 2.75) is 31.2 Å². The lowest BCUT2D eigenvalue weighted by Gasteiger charge is -2.31. The number of nitrogens with zero attached hydrogens (tertiary/aromatic N) is 3. The fourth-order valence-electron chi connectivity index (χ4n) is 9.32. The van der Waals surface area contributed by atoms with Gasteiger partial charge in [-0.1, -0.05) is 67.8 Å². The summed E-state index contributed by atoms with van der Waals surface area (Å²) in [6, 6.07) is 41.0. The molecule has 0 spiro atoms. The number of allylic oxidation sites excluding steroid dienone is 2. The second-order valence-corrected chi connectivity index (χ2v) is 14.8. The van der Waals surface area contributed by atoms with Crippen LogP contribution in [0.1, 0.15) is 41.5 Å². The predicted octanol–water partition coefficient (Wildman–Crippen LogP) is 11.3. The van der Waals surface area contributed by atoms with E-state index in [1.165, 1.54) is 86.2 Å². The maximum Gasteiger partial charge on any atom is 0.213 e. The topological polar surface area (TPSA) is 20.6 Å². The Morgan fingerprint density at radius 3 is 2.53 bits per heavy atom. The summed E-state index contributed by atoms with van der Waals surface area (Å²) in [4.78, 5) is 5.22. The lowest BCUT2D eigenvalue weighted by molar-refractivity contribution is -0.718. The van der Waals surface area contributed by atoms with Crippen LogP contribution in [-0.4, -0.2) is 10.1 Å². The number of fused-ring (bicyclic) bond motifs is 17. The highest BCUT2D eigenvalue weighted by Crippen LogP contribution is 2.47. The van der Waals surface area contributed by atoms with E-state index in [0.717, 1.165) is 30.7 Å². The van der Waals surface area contributed by atoms with Gasteiger partial charge < -0.3 is 4.40 Å². The number of aromatic nitrogens is 2. The lowest BCUT2D eigenvalue weighted by Crippen LogP contribution is -2.47. The van der Waals surface area contributed by atoms with Crippen LogP contribution in [0.4, 0.5) is 0 Å². The van der Waals surface area contributed by atoms with Gasteiger partial charge in [-0.25, -0.2) is 0 Å². The number of para-hydroxylation sites is 1. The van der Waals surface area contributed by atoms with Gasteiger partial charge in [-0.3, -0.25) is 4.99 Å². The second-order valence-electron chi connectivity index (χ2n) is 13.8. The van der Waals surface area contributed by atoms with Gasteiger partial charge in [0.15, 0.2) is 12.2 Å². The first-order chi connectivity index (χ1) is 24.2. The van der Waals surface area contributed by atoms with E-state index >= 15 is 0 Å². The van der Waals surface area contributed by atoms with Gasteiger partial charge >= 0.3 is 0 Å². The zero-order chi connectivity index (χ0) is 32.4. The van der Waals surface area contributed by atoms with Gasteiger partial charge in [-0.15, -0.1) is 11.3 Å². The van der Waals surface area contributed by atoms with Crippen molar-refractivity contribution in [3.05, 3.63) is 157 Å². The molecule has 232 valence electrons. The molecule has 0 amide bonds. The summed E-state index contributed by atoms with van der Waals surface area (Å²) < 4.78 is 7.70. The zero-order valence-electron chi connectivity index (χ0n) is 27.0. The van der Waals surface area contributed by atoms with E-state index in [9.17, 15) is 0 Å². The minimum absolute atomic E-state index is 0.240. The molecule has 5 aromatic carbocycles. The molecule has 2 aliphatic heterocycles. The van der Waals surface area contributed by atoms with E-state index in [-0.39, 0.29) is 6.04 Å². The minimum atomic E-state index is 0.240. The summed E-state index contributed by atoms with van der Waals surface area (Å²) in [5.41, 5.74) is 12.2. The smallest absolute Gasteiger partial charge is 0.213 e. The van der Waals surface area contributed by atoms with Gasteiger partial charge in [0.2, 0.25) is 5.69 Å². The van der Waals surface area contributed by atoms with Crippen LogP contribution in [0.25, 0.3) is 69.5 Å². The molecule has 6 heterocycles. The lowest BCUT2D eigenvalue weighted by atomic mass is 9.77. The van der Waals surface area contributed by atoms with E-state index in [1.54, 1.807) is 0 Å². The van der Waals surface area contributed by atoms with Gasteiger partial charge in [0.25, 0.3) is 0 Å². The highest BCUT2D eigenvalue weighted by Gasteiger charge is 2.40. The maximum absolute atomic E-state index is 5.22. The Bertz CT molecular complexity index is 2920. The number of hydrogen-bond donors (Lipinski definition) is 0. The van der Waals surface area contributed by atoms with Crippen LogP contribution in [0, 0.1) is 0 Å². The Morgan fingerprint density at radius 2 is 1.59 bits per heavy atom. The molecular formula is C45H32N3S+. The molecule has 3 nitrogen and oxygen atoms in total. The average Bonchev–Trinajstić information content (AvgIpc) is 3.79. The van der Waals surface area contributed by atoms with Crippen molar-refractivity contribution >= 4 is 75.3 Å². The van der Waals surface area contributed by atoms with Crippen molar-refractivity contribution < 1.29 is 4.57 Å². The molecule has 2 unspecified atom stereocenters. The zero-order valence-corrected chi connectivity index (χ0v) is 27.8. The standard InChI is InChI=1S/C45H32N3S/c1-3-36-34-25-35-31-14-10-15-33-43-38(20-21-42-44(43)32-13-6-7-17-41(32)49-42)48(45(31)33)40(35)24-27(34)18-19-30-28-11-4-5-12-29(28)37-16-8-9-22-47(37)39(30)23-26(2)46-36/h3-17,20-22,24-25,30,39H,1-2,18-19,23H2/q+1/b46-36-. The molecule has 0 saturated carbocycles. The molecule has 0 saturated heterocycles. The summed E-state index contributed by atoms with van der Waals surface area (Å²) in [6.07, 6.45) is 6.94. The molecule has 0 radical (unpaired) electrons. The molecule has 2 aliphatic rings. The van der Waals surface area contributed by atoms with Gasteiger partial charge in [-0.05, 0) is 72.5 Å². The van der Waals surface area contributed by atoms with E-state index in [4.69, 9.17) is 4.99 Å². The Morgan fingerprint density at radius 1 is 0.755 bits per heavy atom. The Hall–Kier alpha value is -5.58. The molecule has 0 N–H and O–H groups in total. The Balaban J connectivity index is 1.18. The van der Waals surface area contributed by atoms with Crippen molar-refractivity contribution in [3.63, 3.8) is 0 Å². The fraction of sp³-hybridized carbons (Fsp3) is 0.111. The van der Waals surface area contributed by atoms with Gasteiger partial charge in [0.05, 0.1) is 28.7 Å². The van der Waals surface area contributed by atoms with Crippen LogP contribution in [0.2, 0.25) is 0 Å². The third kappa shape index (κ3) is 3.67. The molecule has 2 atom stereocenters. The first kappa shape index (κ1) is 27.4. The van der Waals surface area contributed by atoms with Crippen molar-refractivity contribution in [2.24, 2.45) is 4.99 Å². The van der Waals surface area contributed by atoms with Crippen LogP contribution < -0.4 is 4.57 Å². The maximum atomic E-state index is 5.22. The number of hydrogen-bond acceptors (Lipinski definition) is 2. The molecule has 4 heteroatoms. The summed E-state index contributed by atoms with van der Waals surface area (Å²) >= 11 is 1.89. The molecule has 0 aliphatic carbocycles. The molecule has 0 fully saturated rings. The van der Waals surface area contributed by atoms with Gasteiger partial charge in [-0.2, -0.15) is 4.57 Å². The number of aryl methyl sites for hydroxylation is 1. The van der Waals surface area contributed by atoms with Crippen molar-refractivity contribution in [2.75, 3.05) is 0 Å². The Kier molecular flexibility index (Phi) is 5.57. The molecule has 11 rings (SSSR count). The van der Waals surface area contributed by atoms with Crippen LogP contribution in [0.3, 0.4) is 0 Å². The number of benzene rings is 5. The highest BCUT2D eigenvalue weighted by molar-refractivity contribution is 7.26.